The van der Waals surface area contributed by atoms with Crippen molar-refractivity contribution in [2.24, 2.45) is 11.1 Å². The van der Waals surface area contributed by atoms with Gasteiger partial charge in [-0.3, -0.25) is 0 Å². The van der Waals surface area contributed by atoms with Crippen LogP contribution in [0.25, 0.3) is 0 Å². The molecule has 0 fully saturated rings. The molecular formula is C14H21F3N2. The molecule has 19 heavy (non-hydrogen) atoms. The fourth-order valence-electron chi connectivity index (χ4n) is 1.79. The Morgan fingerprint density at radius 3 is 2.16 bits per heavy atom. The number of hydrogen-bond acceptors (Lipinski definition) is 2. The Balaban J connectivity index is 2.54. The van der Waals surface area contributed by atoms with E-state index in [9.17, 15) is 13.2 Å². The van der Waals surface area contributed by atoms with Crippen molar-refractivity contribution < 1.29 is 13.2 Å². The predicted molar refractivity (Wildman–Crippen MR) is 72.0 cm³/mol. The molecule has 0 saturated carbocycles. The summed E-state index contributed by atoms with van der Waals surface area (Å²) in [5, 5.41) is 3.16. The number of anilines is 1. The summed E-state index contributed by atoms with van der Waals surface area (Å²) in [6, 6.07) is 5.11. The number of nitrogens with two attached hydrogens (primary N) is 1. The van der Waals surface area contributed by atoms with Crippen molar-refractivity contribution in [1.82, 2.24) is 0 Å². The fraction of sp³-hybridized carbons (Fsp3) is 0.571. The van der Waals surface area contributed by atoms with Gasteiger partial charge in [0, 0.05) is 12.2 Å². The second-order valence-corrected chi connectivity index (χ2v) is 5.49. The number of nitrogens with one attached hydrogen (secondary N) is 1. The monoisotopic (exact) mass is 274 g/mol. The fourth-order valence-corrected chi connectivity index (χ4v) is 1.79. The maximum Gasteiger partial charge on any atom is 0.416 e. The Morgan fingerprint density at radius 2 is 1.68 bits per heavy atom. The van der Waals surface area contributed by atoms with Crippen molar-refractivity contribution >= 4 is 5.69 Å². The van der Waals surface area contributed by atoms with Crippen LogP contribution in [0.15, 0.2) is 24.3 Å². The highest BCUT2D eigenvalue weighted by Crippen LogP contribution is 2.30. The van der Waals surface area contributed by atoms with Crippen molar-refractivity contribution in [3.8, 4) is 0 Å². The molecular weight excluding hydrogens is 253 g/mol. The molecule has 3 N–H and O–H groups in total. The van der Waals surface area contributed by atoms with Crippen LogP contribution in [0.2, 0.25) is 0 Å². The van der Waals surface area contributed by atoms with Crippen LogP contribution in [0, 0.1) is 5.41 Å². The Hall–Kier alpha value is -1.23. The van der Waals surface area contributed by atoms with E-state index in [0.29, 0.717) is 18.8 Å². The first-order valence-corrected chi connectivity index (χ1v) is 6.36. The molecule has 0 aliphatic carbocycles. The molecule has 0 radical (unpaired) electrons. The van der Waals surface area contributed by atoms with Gasteiger partial charge in [-0.25, -0.2) is 0 Å². The summed E-state index contributed by atoms with van der Waals surface area (Å²) in [6.07, 6.45) is -2.35. The van der Waals surface area contributed by atoms with Crippen LogP contribution in [-0.2, 0) is 6.18 Å². The molecule has 0 saturated heterocycles. The van der Waals surface area contributed by atoms with E-state index < -0.39 is 11.7 Å². The lowest BCUT2D eigenvalue weighted by Gasteiger charge is -2.25. The minimum absolute atomic E-state index is 0.0715. The van der Waals surface area contributed by atoms with E-state index in [0.717, 1.165) is 25.0 Å². The van der Waals surface area contributed by atoms with Gasteiger partial charge in [-0.05, 0) is 49.1 Å². The normalized spacial score (nSPS) is 12.5. The molecule has 1 aromatic carbocycles. The van der Waals surface area contributed by atoms with Gasteiger partial charge in [-0.15, -0.1) is 0 Å². The van der Waals surface area contributed by atoms with Gasteiger partial charge >= 0.3 is 6.18 Å². The average molecular weight is 274 g/mol. The van der Waals surface area contributed by atoms with E-state index in [1.807, 2.05) is 0 Å². The van der Waals surface area contributed by atoms with Gasteiger partial charge in [-0.2, -0.15) is 13.2 Å². The molecule has 0 bridgehead atoms. The minimum atomic E-state index is -4.28. The van der Waals surface area contributed by atoms with Crippen LogP contribution in [0.1, 0.15) is 32.3 Å². The first-order valence-electron chi connectivity index (χ1n) is 6.36. The van der Waals surface area contributed by atoms with Gasteiger partial charge in [0.25, 0.3) is 0 Å². The van der Waals surface area contributed by atoms with Crippen LogP contribution in [0.3, 0.4) is 0 Å². The Labute approximate surface area is 112 Å². The highest BCUT2D eigenvalue weighted by Gasteiger charge is 2.29. The van der Waals surface area contributed by atoms with Crippen molar-refractivity contribution in [2.75, 3.05) is 18.4 Å². The third-order valence-electron chi connectivity index (χ3n) is 3.04. The second-order valence-electron chi connectivity index (χ2n) is 5.49. The summed E-state index contributed by atoms with van der Waals surface area (Å²) in [7, 11) is 0. The molecule has 0 heterocycles. The molecule has 0 atom stereocenters. The number of hydrogen-bond donors (Lipinski definition) is 2. The zero-order valence-electron chi connectivity index (χ0n) is 11.3. The average Bonchev–Trinajstić information content (AvgIpc) is 2.34. The zero-order chi connectivity index (χ0) is 14.5. The molecule has 0 spiro atoms. The van der Waals surface area contributed by atoms with Gasteiger partial charge in [0.2, 0.25) is 0 Å². The summed E-state index contributed by atoms with van der Waals surface area (Å²) < 4.78 is 37.2. The smallest absolute Gasteiger partial charge is 0.385 e. The summed E-state index contributed by atoms with van der Waals surface area (Å²) >= 11 is 0. The second kappa shape index (κ2) is 6.28. The van der Waals surface area contributed by atoms with E-state index in [4.69, 9.17) is 5.73 Å². The number of halogens is 3. The SMILES string of the molecule is CC(C)(CCCN)CNc1ccc(C(F)(F)F)cc1. The molecule has 108 valence electrons. The number of alkyl halides is 3. The van der Waals surface area contributed by atoms with Gasteiger partial charge < -0.3 is 11.1 Å². The van der Waals surface area contributed by atoms with Crippen molar-refractivity contribution in [2.45, 2.75) is 32.9 Å². The third kappa shape index (κ3) is 5.51. The van der Waals surface area contributed by atoms with Crippen molar-refractivity contribution in [1.29, 1.82) is 0 Å². The first-order chi connectivity index (χ1) is 8.74. The van der Waals surface area contributed by atoms with Crippen LogP contribution in [0.5, 0.6) is 0 Å². The molecule has 1 rings (SSSR count). The highest BCUT2D eigenvalue weighted by molar-refractivity contribution is 5.45. The molecule has 0 aromatic heterocycles. The third-order valence-corrected chi connectivity index (χ3v) is 3.04. The van der Waals surface area contributed by atoms with Crippen molar-refractivity contribution in [3.63, 3.8) is 0 Å². The molecule has 0 aliphatic rings. The van der Waals surface area contributed by atoms with Crippen LogP contribution in [0.4, 0.5) is 18.9 Å². The summed E-state index contributed by atoms with van der Waals surface area (Å²) in [5.41, 5.74) is 5.62. The summed E-state index contributed by atoms with van der Waals surface area (Å²) in [6.45, 7) is 5.58. The van der Waals surface area contributed by atoms with Gasteiger partial charge in [0.1, 0.15) is 0 Å². The van der Waals surface area contributed by atoms with Gasteiger partial charge in [0.15, 0.2) is 0 Å². The Morgan fingerprint density at radius 1 is 1.11 bits per heavy atom. The largest absolute Gasteiger partial charge is 0.416 e. The van der Waals surface area contributed by atoms with E-state index in [1.54, 1.807) is 0 Å². The maximum atomic E-state index is 12.4. The lowest BCUT2D eigenvalue weighted by Crippen LogP contribution is -2.24. The summed E-state index contributed by atoms with van der Waals surface area (Å²) in [4.78, 5) is 0. The molecule has 0 aliphatic heterocycles. The molecule has 5 heteroatoms. The van der Waals surface area contributed by atoms with Gasteiger partial charge in [-0.1, -0.05) is 13.8 Å². The Bertz CT molecular complexity index is 383. The standard InChI is InChI=1S/C14H21F3N2/c1-13(2,8-3-9-18)10-19-12-6-4-11(5-7-12)14(15,16)17/h4-7,19H,3,8-10,18H2,1-2H3. The van der Waals surface area contributed by atoms with E-state index in [2.05, 4.69) is 19.2 Å². The maximum absolute atomic E-state index is 12.4. The highest BCUT2D eigenvalue weighted by atomic mass is 19.4. The topological polar surface area (TPSA) is 38.0 Å². The predicted octanol–water partition coefficient (Wildman–Crippen LogP) is 3.88. The summed E-state index contributed by atoms with van der Waals surface area (Å²) in [5.74, 6) is 0. The zero-order valence-corrected chi connectivity index (χ0v) is 11.3. The first kappa shape index (κ1) is 15.8. The van der Waals surface area contributed by atoms with Crippen LogP contribution >= 0.6 is 0 Å². The minimum Gasteiger partial charge on any atom is -0.385 e. The van der Waals surface area contributed by atoms with E-state index >= 15 is 0 Å². The van der Waals surface area contributed by atoms with E-state index in [-0.39, 0.29) is 5.41 Å². The molecule has 2 nitrogen and oxygen atoms in total. The molecule has 0 unspecified atom stereocenters. The van der Waals surface area contributed by atoms with Crippen LogP contribution in [-0.4, -0.2) is 13.1 Å². The van der Waals surface area contributed by atoms with Crippen molar-refractivity contribution in [3.05, 3.63) is 29.8 Å². The molecule has 1 aromatic rings. The van der Waals surface area contributed by atoms with Crippen LogP contribution < -0.4 is 11.1 Å². The lowest BCUT2D eigenvalue weighted by molar-refractivity contribution is -0.137. The quantitative estimate of drug-likeness (QED) is 0.826. The Kier molecular flexibility index (Phi) is 5.23. The van der Waals surface area contributed by atoms with Gasteiger partial charge in [0.05, 0.1) is 5.56 Å². The number of benzene rings is 1. The molecule has 0 amide bonds. The lowest BCUT2D eigenvalue weighted by atomic mass is 9.87. The number of rotatable bonds is 6. The van der Waals surface area contributed by atoms with E-state index in [1.165, 1.54) is 12.1 Å².